The average molecular weight is 587 g/mol. The van der Waals surface area contributed by atoms with Crippen molar-refractivity contribution in [3.63, 3.8) is 0 Å². The molecule has 1 fully saturated rings. The summed E-state index contributed by atoms with van der Waals surface area (Å²) in [6.07, 6.45) is 8.09. The second-order valence-corrected chi connectivity index (χ2v) is 10.6. The molecule has 0 N–H and O–H groups in total. The number of hydrogen-bond acceptors (Lipinski definition) is 9. The van der Waals surface area contributed by atoms with Crippen LogP contribution in [0.4, 0.5) is 5.69 Å². The maximum atomic E-state index is 12.9. The summed E-state index contributed by atoms with van der Waals surface area (Å²) in [5, 5.41) is 0. The number of benzene rings is 2. The minimum Gasteiger partial charge on any atom is -0.495 e. The number of esters is 1. The van der Waals surface area contributed by atoms with Crippen LogP contribution in [0.3, 0.4) is 0 Å². The van der Waals surface area contributed by atoms with Crippen LogP contribution in [0.15, 0.2) is 36.4 Å². The summed E-state index contributed by atoms with van der Waals surface area (Å²) in [6, 6.07) is 11.6. The Morgan fingerprint density at radius 2 is 1.40 bits per heavy atom. The van der Waals surface area contributed by atoms with Crippen LogP contribution in [0.5, 0.6) is 28.7 Å². The van der Waals surface area contributed by atoms with Crippen molar-refractivity contribution in [3.8, 4) is 28.7 Å². The lowest BCUT2D eigenvalue weighted by Crippen LogP contribution is -2.50. The fraction of sp³-hybridized carbons (Fsp3) is 0.606. The SMILES string of the molecule is CCCCCCCCCC(=O)OC(COc1cc(OC)c(OC)c(OC)c1)CN1CCN(c2ccccc2OC)CC1. The van der Waals surface area contributed by atoms with Crippen LogP contribution in [0.25, 0.3) is 0 Å². The summed E-state index contributed by atoms with van der Waals surface area (Å²) in [5.41, 5.74) is 1.10. The van der Waals surface area contributed by atoms with Gasteiger partial charge < -0.3 is 33.3 Å². The summed E-state index contributed by atoms with van der Waals surface area (Å²) >= 11 is 0. The number of carbonyl (C=O) groups is 1. The van der Waals surface area contributed by atoms with Gasteiger partial charge in [0, 0.05) is 51.3 Å². The molecule has 1 saturated heterocycles. The number of ether oxygens (including phenoxy) is 6. The number of anilines is 1. The van der Waals surface area contributed by atoms with Gasteiger partial charge in [-0.1, -0.05) is 57.6 Å². The van der Waals surface area contributed by atoms with Crippen LogP contribution < -0.4 is 28.6 Å². The molecule has 3 rings (SSSR count). The molecule has 1 atom stereocenters. The van der Waals surface area contributed by atoms with Crippen molar-refractivity contribution in [2.75, 3.05) is 72.7 Å². The molecule has 1 aliphatic rings. The lowest BCUT2D eigenvalue weighted by atomic mass is 10.1. The highest BCUT2D eigenvalue weighted by Gasteiger charge is 2.25. The predicted octanol–water partition coefficient (Wildman–Crippen LogP) is 5.97. The van der Waals surface area contributed by atoms with E-state index >= 15 is 0 Å². The van der Waals surface area contributed by atoms with Crippen molar-refractivity contribution in [2.24, 2.45) is 0 Å². The van der Waals surface area contributed by atoms with Crippen molar-refractivity contribution in [2.45, 2.75) is 64.4 Å². The van der Waals surface area contributed by atoms with Crippen LogP contribution in [0.2, 0.25) is 0 Å². The molecule has 0 radical (unpaired) electrons. The van der Waals surface area contributed by atoms with Crippen LogP contribution >= 0.6 is 0 Å². The van der Waals surface area contributed by atoms with Gasteiger partial charge in [0.25, 0.3) is 0 Å². The minimum absolute atomic E-state index is 0.172. The zero-order chi connectivity index (χ0) is 30.2. The third kappa shape index (κ3) is 10.2. The Bertz CT molecular complexity index is 1050. The molecule has 0 spiro atoms. The van der Waals surface area contributed by atoms with E-state index in [1.165, 1.54) is 25.7 Å². The predicted molar refractivity (Wildman–Crippen MR) is 166 cm³/mol. The van der Waals surface area contributed by atoms with E-state index < -0.39 is 6.10 Å². The fourth-order valence-corrected chi connectivity index (χ4v) is 5.28. The van der Waals surface area contributed by atoms with Gasteiger partial charge in [-0.2, -0.15) is 0 Å². The first-order valence-corrected chi connectivity index (χ1v) is 15.3. The van der Waals surface area contributed by atoms with Crippen molar-refractivity contribution in [1.29, 1.82) is 0 Å². The second-order valence-electron chi connectivity index (χ2n) is 10.6. The molecule has 234 valence electrons. The van der Waals surface area contributed by atoms with Crippen LogP contribution in [0, 0.1) is 0 Å². The van der Waals surface area contributed by atoms with E-state index in [-0.39, 0.29) is 12.6 Å². The van der Waals surface area contributed by atoms with E-state index in [0.717, 1.165) is 56.9 Å². The van der Waals surface area contributed by atoms with Gasteiger partial charge >= 0.3 is 5.97 Å². The topological polar surface area (TPSA) is 78.9 Å². The number of piperazine rings is 1. The summed E-state index contributed by atoms with van der Waals surface area (Å²) in [7, 11) is 6.41. The molecular weight excluding hydrogens is 536 g/mol. The summed E-state index contributed by atoms with van der Waals surface area (Å²) in [6.45, 7) is 6.42. The standard InChI is InChI=1S/C33H50N2O7/c1-6-7-8-9-10-11-12-17-32(36)42-27(25-41-26-22-30(38-3)33(40-5)31(23-26)39-4)24-34-18-20-35(21-19-34)28-15-13-14-16-29(28)37-2/h13-16,22-23,27H,6-12,17-21,24-25H2,1-5H3. The summed E-state index contributed by atoms with van der Waals surface area (Å²) in [4.78, 5) is 17.5. The molecule has 1 unspecified atom stereocenters. The Labute approximate surface area is 252 Å². The molecule has 0 bridgehead atoms. The Morgan fingerprint density at radius 1 is 0.786 bits per heavy atom. The van der Waals surface area contributed by atoms with Gasteiger partial charge in [-0.3, -0.25) is 9.69 Å². The molecular formula is C33H50N2O7. The number of methoxy groups -OCH3 is 4. The highest BCUT2D eigenvalue weighted by Crippen LogP contribution is 2.40. The van der Waals surface area contributed by atoms with Gasteiger partial charge in [0.05, 0.1) is 34.1 Å². The fourth-order valence-electron chi connectivity index (χ4n) is 5.28. The zero-order valence-corrected chi connectivity index (χ0v) is 26.2. The third-order valence-corrected chi connectivity index (χ3v) is 7.62. The molecule has 2 aromatic carbocycles. The van der Waals surface area contributed by atoms with E-state index in [4.69, 9.17) is 28.4 Å². The Hall–Kier alpha value is -3.33. The van der Waals surface area contributed by atoms with Gasteiger partial charge in [-0.15, -0.1) is 0 Å². The van der Waals surface area contributed by atoms with Crippen molar-refractivity contribution in [1.82, 2.24) is 4.90 Å². The molecule has 9 nitrogen and oxygen atoms in total. The molecule has 0 aromatic heterocycles. The molecule has 0 amide bonds. The first-order valence-electron chi connectivity index (χ1n) is 15.3. The molecule has 2 aromatic rings. The van der Waals surface area contributed by atoms with Gasteiger partial charge in [-0.05, 0) is 18.6 Å². The first kappa shape index (κ1) is 33.2. The highest BCUT2D eigenvalue weighted by molar-refractivity contribution is 5.69. The monoisotopic (exact) mass is 586 g/mol. The number of unbranched alkanes of at least 4 members (excludes halogenated alkanes) is 6. The lowest BCUT2D eigenvalue weighted by Gasteiger charge is -2.37. The highest BCUT2D eigenvalue weighted by atomic mass is 16.6. The van der Waals surface area contributed by atoms with Crippen LogP contribution in [-0.2, 0) is 9.53 Å². The van der Waals surface area contributed by atoms with Crippen molar-refractivity contribution >= 4 is 11.7 Å². The largest absolute Gasteiger partial charge is 0.495 e. The van der Waals surface area contributed by atoms with Gasteiger partial charge in [0.1, 0.15) is 24.2 Å². The average Bonchev–Trinajstić information content (AvgIpc) is 3.02. The van der Waals surface area contributed by atoms with E-state index in [1.807, 2.05) is 18.2 Å². The van der Waals surface area contributed by atoms with E-state index in [1.54, 1.807) is 40.6 Å². The van der Waals surface area contributed by atoms with Crippen molar-refractivity contribution < 1.29 is 33.2 Å². The van der Waals surface area contributed by atoms with E-state index in [2.05, 4.69) is 22.8 Å². The normalized spacial score (nSPS) is 14.3. The van der Waals surface area contributed by atoms with Crippen LogP contribution in [-0.4, -0.2) is 84.7 Å². The molecule has 0 aliphatic carbocycles. The zero-order valence-electron chi connectivity index (χ0n) is 26.2. The number of nitrogens with zero attached hydrogens (tertiary/aromatic N) is 2. The number of para-hydroxylation sites is 2. The van der Waals surface area contributed by atoms with Crippen LogP contribution in [0.1, 0.15) is 58.3 Å². The Morgan fingerprint density at radius 3 is 2.02 bits per heavy atom. The number of hydrogen-bond donors (Lipinski definition) is 0. The molecule has 0 saturated carbocycles. The summed E-state index contributed by atoms with van der Waals surface area (Å²) in [5.74, 6) is 2.77. The lowest BCUT2D eigenvalue weighted by molar-refractivity contribution is -0.151. The smallest absolute Gasteiger partial charge is 0.306 e. The maximum Gasteiger partial charge on any atom is 0.306 e. The number of rotatable bonds is 19. The van der Waals surface area contributed by atoms with E-state index in [9.17, 15) is 4.79 Å². The molecule has 42 heavy (non-hydrogen) atoms. The second kappa shape index (κ2) is 18.3. The Balaban J connectivity index is 1.60. The molecule has 9 heteroatoms. The summed E-state index contributed by atoms with van der Waals surface area (Å²) < 4.78 is 34.1. The minimum atomic E-state index is -0.418. The first-order chi connectivity index (χ1) is 20.5. The van der Waals surface area contributed by atoms with E-state index in [0.29, 0.717) is 36.0 Å². The molecule has 1 heterocycles. The van der Waals surface area contributed by atoms with Gasteiger partial charge in [0.15, 0.2) is 11.5 Å². The maximum absolute atomic E-state index is 12.9. The van der Waals surface area contributed by atoms with Gasteiger partial charge in [-0.25, -0.2) is 0 Å². The molecule has 1 aliphatic heterocycles. The van der Waals surface area contributed by atoms with Crippen molar-refractivity contribution in [3.05, 3.63) is 36.4 Å². The number of carbonyl (C=O) groups excluding carboxylic acids is 1. The van der Waals surface area contributed by atoms with Gasteiger partial charge in [0.2, 0.25) is 5.75 Å². The Kier molecular flexibility index (Phi) is 14.4. The quantitative estimate of drug-likeness (QED) is 0.146. The third-order valence-electron chi connectivity index (χ3n) is 7.62.